The largest absolute Gasteiger partial charge is 0.326 e. The molecule has 0 saturated heterocycles. The first-order chi connectivity index (χ1) is 10.1. The molecule has 0 bridgehead atoms. The second-order valence-electron chi connectivity index (χ2n) is 5.69. The first-order valence-corrected chi connectivity index (χ1v) is 7.38. The molecule has 3 N–H and O–H groups in total. The Bertz CT molecular complexity index is 652. The van der Waals surface area contributed by atoms with Gasteiger partial charge in [-0.25, -0.2) is 0 Å². The van der Waals surface area contributed by atoms with E-state index >= 15 is 0 Å². The lowest BCUT2D eigenvalue weighted by Crippen LogP contribution is -2.21. The third-order valence-corrected chi connectivity index (χ3v) is 4.27. The summed E-state index contributed by atoms with van der Waals surface area (Å²) in [5, 5.41) is 2.91. The van der Waals surface area contributed by atoms with E-state index in [-0.39, 0.29) is 17.9 Å². The number of carbonyl (C=O) groups excluding carboxylic acids is 1. The molecule has 0 fully saturated rings. The van der Waals surface area contributed by atoms with Crippen LogP contribution in [0.1, 0.15) is 42.0 Å². The van der Waals surface area contributed by atoms with Crippen LogP contribution in [0.15, 0.2) is 48.5 Å². The maximum Gasteiger partial charge on any atom is 0.224 e. The van der Waals surface area contributed by atoms with Gasteiger partial charge in [0.05, 0.1) is 0 Å². The lowest BCUT2D eigenvalue weighted by molar-refractivity contribution is -0.116. The highest BCUT2D eigenvalue weighted by molar-refractivity contribution is 5.93. The minimum absolute atomic E-state index is 0.0460. The Hall–Kier alpha value is -2.13. The van der Waals surface area contributed by atoms with E-state index < -0.39 is 0 Å². The molecule has 108 valence electrons. The molecule has 2 aromatic carbocycles. The number of amides is 1. The van der Waals surface area contributed by atoms with Crippen molar-refractivity contribution in [3.05, 3.63) is 65.2 Å². The maximum absolute atomic E-state index is 11.4. The van der Waals surface area contributed by atoms with Crippen molar-refractivity contribution in [1.82, 2.24) is 0 Å². The number of anilines is 1. The Morgan fingerprint density at radius 2 is 1.81 bits per heavy atom. The predicted octanol–water partition coefficient (Wildman–Crippen LogP) is 3.37. The minimum atomic E-state index is -0.0460. The Morgan fingerprint density at radius 3 is 2.57 bits per heavy atom. The highest BCUT2D eigenvalue weighted by atomic mass is 16.1. The number of rotatable bonds is 3. The van der Waals surface area contributed by atoms with E-state index in [9.17, 15) is 4.79 Å². The predicted molar refractivity (Wildman–Crippen MR) is 85.2 cm³/mol. The van der Waals surface area contributed by atoms with E-state index in [4.69, 9.17) is 5.73 Å². The van der Waals surface area contributed by atoms with E-state index in [0.29, 0.717) is 6.42 Å². The van der Waals surface area contributed by atoms with E-state index in [1.807, 2.05) is 30.3 Å². The van der Waals surface area contributed by atoms with Gasteiger partial charge in [0.2, 0.25) is 5.91 Å². The quantitative estimate of drug-likeness (QED) is 0.905. The fraction of sp³-hybridized carbons (Fsp3) is 0.278. The van der Waals surface area contributed by atoms with E-state index in [1.54, 1.807) is 0 Å². The van der Waals surface area contributed by atoms with Crippen LogP contribution < -0.4 is 11.1 Å². The molecule has 0 aromatic heterocycles. The molecule has 1 amide bonds. The average molecular weight is 280 g/mol. The van der Waals surface area contributed by atoms with Crippen LogP contribution in [-0.2, 0) is 11.2 Å². The summed E-state index contributed by atoms with van der Waals surface area (Å²) in [6.07, 6.45) is 1.35. The smallest absolute Gasteiger partial charge is 0.224 e. The Labute approximate surface area is 125 Å². The Balaban J connectivity index is 1.85. The van der Waals surface area contributed by atoms with Crippen molar-refractivity contribution in [2.75, 3.05) is 5.32 Å². The van der Waals surface area contributed by atoms with Gasteiger partial charge in [0, 0.05) is 24.1 Å². The van der Waals surface area contributed by atoms with Crippen molar-refractivity contribution in [3.8, 4) is 0 Å². The number of hydrogen-bond acceptors (Lipinski definition) is 2. The van der Waals surface area contributed by atoms with Crippen molar-refractivity contribution < 1.29 is 4.79 Å². The van der Waals surface area contributed by atoms with Gasteiger partial charge < -0.3 is 11.1 Å². The van der Waals surface area contributed by atoms with Gasteiger partial charge in [0.1, 0.15) is 0 Å². The Morgan fingerprint density at radius 1 is 1.05 bits per heavy atom. The second kappa shape index (κ2) is 5.70. The van der Waals surface area contributed by atoms with Crippen LogP contribution in [0.5, 0.6) is 0 Å². The molecule has 0 radical (unpaired) electrons. The molecule has 21 heavy (non-hydrogen) atoms. The highest BCUT2D eigenvalue weighted by Crippen LogP contribution is 2.32. The second-order valence-corrected chi connectivity index (χ2v) is 5.69. The van der Waals surface area contributed by atoms with Gasteiger partial charge in [-0.1, -0.05) is 49.4 Å². The van der Waals surface area contributed by atoms with Crippen LogP contribution in [0.3, 0.4) is 0 Å². The molecule has 2 aromatic rings. The molecule has 2 atom stereocenters. The average Bonchev–Trinajstić information content (AvgIpc) is 2.53. The molecule has 3 nitrogen and oxygen atoms in total. The number of hydrogen-bond donors (Lipinski definition) is 2. The summed E-state index contributed by atoms with van der Waals surface area (Å²) < 4.78 is 0. The van der Waals surface area contributed by atoms with Crippen LogP contribution in [0.2, 0.25) is 0 Å². The molecular weight excluding hydrogens is 260 g/mol. The summed E-state index contributed by atoms with van der Waals surface area (Å²) in [7, 11) is 0. The molecule has 0 saturated carbocycles. The summed E-state index contributed by atoms with van der Waals surface area (Å²) >= 11 is 0. The standard InChI is InChI=1S/C18H20N2O/c1-12(13-5-3-2-4-6-13)18(19)15-7-9-16-14(11-15)8-10-17(21)20-16/h2-7,9,11-12,18H,8,10,19H2,1H3,(H,20,21). The lowest BCUT2D eigenvalue weighted by atomic mass is 9.87. The summed E-state index contributed by atoms with van der Waals surface area (Å²) in [6, 6.07) is 16.4. The number of benzene rings is 2. The number of aryl methyl sites for hydroxylation is 1. The van der Waals surface area contributed by atoms with Gasteiger partial charge in [0.15, 0.2) is 0 Å². The van der Waals surface area contributed by atoms with Gasteiger partial charge in [-0.05, 0) is 29.2 Å². The van der Waals surface area contributed by atoms with Crippen molar-refractivity contribution in [2.24, 2.45) is 5.73 Å². The van der Waals surface area contributed by atoms with Crippen molar-refractivity contribution in [3.63, 3.8) is 0 Å². The molecule has 1 aliphatic rings. The van der Waals surface area contributed by atoms with Crippen LogP contribution in [0.25, 0.3) is 0 Å². The van der Waals surface area contributed by atoms with Crippen LogP contribution >= 0.6 is 0 Å². The van der Waals surface area contributed by atoms with E-state index in [1.165, 1.54) is 11.1 Å². The van der Waals surface area contributed by atoms with E-state index in [2.05, 4.69) is 30.4 Å². The number of carbonyl (C=O) groups is 1. The van der Waals surface area contributed by atoms with Gasteiger partial charge in [-0.15, -0.1) is 0 Å². The van der Waals surface area contributed by atoms with Crippen molar-refractivity contribution >= 4 is 11.6 Å². The topological polar surface area (TPSA) is 55.1 Å². The van der Waals surface area contributed by atoms with E-state index in [0.717, 1.165) is 17.7 Å². The number of fused-ring (bicyclic) bond motifs is 1. The monoisotopic (exact) mass is 280 g/mol. The van der Waals surface area contributed by atoms with Crippen LogP contribution in [-0.4, -0.2) is 5.91 Å². The third kappa shape index (κ3) is 2.83. The summed E-state index contributed by atoms with van der Waals surface area (Å²) in [5.74, 6) is 0.347. The zero-order valence-electron chi connectivity index (χ0n) is 12.2. The molecule has 0 spiro atoms. The molecule has 3 rings (SSSR count). The number of nitrogens with two attached hydrogens (primary N) is 1. The van der Waals surface area contributed by atoms with Crippen LogP contribution in [0.4, 0.5) is 5.69 Å². The SMILES string of the molecule is CC(c1ccccc1)C(N)c1ccc2c(c1)CCC(=O)N2. The molecule has 0 aliphatic carbocycles. The first kappa shape index (κ1) is 13.8. The van der Waals surface area contributed by atoms with Gasteiger partial charge in [-0.3, -0.25) is 4.79 Å². The van der Waals surface area contributed by atoms with Crippen molar-refractivity contribution in [1.29, 1.82) is 0 Å². The highest BCUT2D eigenvalue weighted by Gasteiger charge is 2.20. The molecule has 3 heteroatoms. The third-order valence-electron chi connectivity index (χ3n) is 4.27. The van der Waals surface area contributed by atoms with Gasteiger partial charge in [0.25, 0.3) is 0 Å². The van der Waals surface area contributed by atoms with Gasteiger partial charge in [-0.2, -0.15) is 0 Å². The van der Waals surface area contributed by atoms with Crippen molar-refractivity contribution in [2.45, 2.75) is 31.7 Å². The zero-order valence-corrected chi connectivity index (χ0v) is 12.2. The fourth-order valence-corrected chi connectivity index (χ4v) is 2.86. The Kier molecular flexibility index (Phi) is 3.76. The lowest BCUT2D eigenvalue weighted by Gasteiger charge is -2.23. The van der Waals surface area contributed by atoms with Gasteiger partial charge >= 0.3 is 0 Å². The molecule has 1 aliphatic heterocycles. The van der Waals surface area contributed by atoms with Crippen LogP contribution in [0, 0.1) is 0 Å². The minimum Gasteiger partial charge on any atom is -0.326 e. The molecule has 2 unspecified atom stereocenters. The summed E-state index contributed by atoms with van der Waals surface area (Å²) in [4.78, 5) is 11.4. The number of nitrogens with one attached hydrogen (secondary N) is 1. The zero-order chi connectivity index (χ0) is 14.8. The summed E-state index contributed by atoms with van der Waals surface area (Å²) in [5.41, 5.74) is 10.9. The molecular formula is C18H20N2O. The fourth-order valence-electron chi connectivity index (χ4n) is 2.86. The summed E-state index contributed by atoms with van der Waals surface area (Å²) in [6.45, 7) is 2.15. The maximum atomic E-state index is 11.4. The first-order valence-electron chi connectivity index (χ1n) is 7.38. The molecule has 1 heterocycles. The normalized spacial score (nSPS) is 16.8.